The summed E-state index contributed by atoms with van der Waals surface area (Å²) < 4.78 is 38.9. The molecule has 0 aliphatic heterocycles. The number of halogens is 3. The highest BCUT2D eigenvalue weighted by Crippen LogP contribution is 2.35. The monoisotopic (exact) mass is 296 g/mol. The van der Waals surface area contributed by atoms with Crippen molar-refractivity contribution in [1.82, 2.24) is 0 Å². The summed E-state index contributed by atoms with van der Waals surface area (Å²) in [6, 6.07) is 5.69. The minimum Gasteiger partial charge on any atom is -0.382 e. The molecule has 5 heteroatoms. The Hall–Kier alpha value is -1.70. The molecule has 0 bridgehead atoms. The third-order valence-corrected chi connectivity index (χ3v) is 4.23. The van der Waals surface area contributed by atoms with Gasteiger partial charge in [-0.15, -0.1) is 0 Å². The summed E-state index contributed by atoms with van der Waals surface area (Å²) in [6.07, 6.45) is 0.935. The molecule has 1 fully saturated rings. The van der Waals surface area contributed by atoms with E-state index >= 15 is 0 Å². The summed E-state index contributed by atoms with van der Waals surface area (Å²) in [5.41, 5.74) is -0.741. The number of rotatable bonds is 3. The van der Waals surface area contributed by atoms with E-state index in [-0.39, 0.29) is 11.6 Å². The summed E-state index contributed by atoms with van der Waals surface area (Å²) in [6.45, 7) is 2.12. The fourth-order valence-electron chi connectivity index (χ4n) is 3.07. The van der Waals surface area contributed by atoms with Crippen molar-refractivity contribution >= 4 is 5.69 Å². The normalized spacial score (nSPS) is 22.6. The molecule has 21 heavy (non-hydrogen) atoms. The molecule has 114 valence electrons. The van der Waals surface area contributed by atoms with Crippen molar-refractivity contribution in [2.24, 2.45) is 5.92 Å². The van der Waals surface area contributed by atoms with Crippen molar-refractivity contribution in [1.29, 1.82) is 5.26 Å². The first-order valence-corrected chi connectivity index (χ1v) is 7.33. The Morgan fingerprint density at radius 3 is 2.62 bits per heavy atom. The first-order valence-electron chi connectivity index (χ1n) is 7.33. The van der Waals surface area contributed by atoms with E-state index in [0.717, 1.165) is 31.7 Å². The maximum Gasteiger partial charge on any atom is 0.417 e. The Bertz CT molecular complexity index is 531. The van der Waals surface area contributed by atoms with E-state index in [1.165, 1.54) is 12.5 Å². The fourth-order valence-corrected chi connectivity index (χ4v) is 3.07. The lowest BCUT2D eigenvalue weighted by Crippen LogP contribution is -2.31. The van der Waals surface area contributed by atoms with Crippen molar-refractivity contribution in [2.75, 3.05) is 5.32 Å². The average Bonchev–Trinajstić information content (AvgIpc) is 2.47. The van der Waals surface area contributed by atoms with Crippen molar-refractivity contribution < 1.29 is 13.2 Å². The van der Waals surface area contributed by atoms with Gasteiger partial charge in [0.25, 0.3) is 0 Å². The molecular weight excluding hydrogens is 277 g/mol. The molecule has 1 aliphatic rings. The summed E-state index contributed by atoms with van der Waals surface area (Å²) in [5, 5.41) is 12.0. The van der Waals surface area contributed by atoms with E-state index in [0.29, 0.717) is 11.6 Å². The Balaban J connectivity index is 2.23. The zero-order chi connectivity index (χ0) is 15.5. The van der Waals surface area contributed by atoms with Gasteiger partial charge in [0.15, 0.2) is 0 Å². The van der Waals surface area contributed by atoms with E-state index in [1.54, 1.807) is 12.1 Å². The molecule has 2 nitrogen and oxygen atoms in total. The van der Waals surface area contributed by atoms with E-state index in [2.05, 4.69) is 12.2 Å². The van der Waals surface area contributed by atoms with Gasteiger partial charge in [-0.1, -0.05) is 26.2 Å². The van der Waals surface area contributed by atoms with Crippen LogP contribution in [0.4, 0.5) is 18.9 Å². The van der Waals surface area contributed by atoms with Gasteiger partial charge >= 0.3 is 6.18 Å². The van der Waals surface area contributed by atoms with Crippen LogP contribution in [0.5, 0.6) is 0 Å². The van der Waals surface area contributed by atoms with Crippen LogP contribution in [0.3, 0.4) is 0 Å². The van der Waals surface area contributed by atoms with Crippen molar-refractivity contribution in [3.63, 3.8) is 0 Å². The maximum absolute atomic E-state index is 13.0. The minimum absolute atomic E-state index is 0.220. The molecule has 2 unspecified atom stereocenters. The molecule has 0 spiro atoms. The number of nitriles is 1. The molecule has 1 aromatic rings. The van der Waals surface area contributed by atoms with Gasteiger partial charge in [0, 0.05) is 11.7 Å². The van der Waals surface area contributed by atoms with E-state index in [9.17, 15) is 13.2 Å². The SMILES string of the molecule is CCC1CCCCC1Nc1ccc(C#N)c(C(F)(F)F)c1. The van der Waals surface area contributed by atoms with Gasteiger partial charge < -0.3 is 5.32 Å². The van der Waals surface area contributed by atoms with Gasteiger partial charge in [0.05, 0.1) is 17.2 Å². The number of nitrogens with zero attached hydrogens (tertiary/aromatic N) is 1. The van der Waals surface area contributed by atoms with E-state index < -0.39 is 11.7 Å². The third-order valence-electron chi connectivity index (χ3n) is 4.23. The summed E-state index contributed by atoms with van der Waals surface area (Å²) in [7, 11) is 0. The Morgan fingerprint density at radius 1 is 1.29 bits per heavy atom. The Morgan fingerprint density at radius 2 is 2.00 bits per heavy atom. The number of nitrogens with one attached hydrogen (secondary N) is 1. The fraction of sp³-hybridized carbons (Fsp3) is 0.562. The second-order valence-electron chi connectivity index (χ2n) is 5.57. The second-order valence-corrected chi connectivity index (χ2v) is 5.57. The topological polar surface area (TPSA) is 35.8 Å². The van der Waals surface area contributed by atoms with Gasteiger partial charge in [-0.2, -0.15) is 18.4 Å². The van der Waals surface area contributed by atoms with Crippen molar-refractivity contribution in [3.8, 4) is 6.07 Å². The van der Waals surface area contributed by atoms with Crippen LogP contribution in [-0.4, -0.2) is 6.04 Å². The zero-order valence-electron chi connectivity index (χ0n) is 12.0. The highest BCUT2D eigenvalue weighted by atomic mass is 19.4. The van der Waals surface area contributed by atoms with Crippen LogP contribution < -0.4 is 5.32 Å². The highest BCUT2D eigenvalue weighted by molar-refractivity contribution is 5.53. The van der Waals surface area contributed by atoms with Crippen LogP contribution in [0.25, 0.3) is 0 Å². The smallest absolute Gasteiger partial charge is 0.382 e. The number of benzene rings is 1. The molecule has 2 rings (SSSR count). The van der Waals surface area contributed by atoms with Crippen LogP contribution in [0.1, 0.15) is 50.2 Å². The van der Waals surface area contributed by atoms with Gasteiger partial charge in [0.2, 0.25) is 0 Å². The quantitative estimate of drug-likeness (QED) is 0.856. The molecule has 0 aromatic heterocycles. The first-order chi connectivity index (χ1) is 9.95. The Labute approximate surface area is 123 Å². The summed E-state index contributed by atoms with van der Waals surface area (Å²) >= 11 is 0. The molecule has 1 N–H and O–H groups in total. The predicted octanol–water partition coefficient (Wildman–Crippen LogP) is 4.96. The highest BCUT2D eigenvalue weighted by Gasteiger charge is 2.34. The molecule has 0 heterocycles. The second kappa shape index (κ2) is 6.38. The molecule has 2 atom stereocenters. The van der Waals surface area contributed by atoms with Crippen LogP contribution in [0.2, 0.25) is 0 Å². The van der Waals surface area contributed by atoms with Gasteiger partial charge in [-0.3, -0.25) is 0 Å². The van der Waals surface area contributed by atoms with Gasteiger partial charge in [-0.05, 0) is 37.0 Å². The maximum atomic E-state index is 13.0. The zero-order valence-corrected chi connectivity index (χ0v) is 12.0. The molecule has 0 saturated heterocycles. The third kappa shape index (κ3) is 3.69. The van der Waals surface area contributed by atoms with Crippen LogP contribution in [0.15, 0.2) is 18.2 Å². The lowest BCUT2D eigenvalue weighted by atomic mass is 9.82. The molecule has 1 aromatic carbocycles. The van der Waals surface area contributed by atoms with Gasteiger partial charge in [-0.25, -0.2) is 0 Å². The van der Waals surface area contributed by atoms with Crippen molar-refractivity contribution in [2.45, 2.75) is 51.2 Å². The van der Waals surface area contributed by atoms with Gasteiger partial charge in [0.1, 0.15) is 0 Å². The number of hydrogen-bond acceptors (Lipinski definition) is 2. The van der Waals surface area contributed by atoms with Crippen LogP contribution in [-0.2, 0) is 6.18 Å². The predicted molar refractivity (Wildman–Crippen MR) is 75.8 cm³/mol. The number of hydrogen-bond donors (Lipinski definition) is 1. The van der Waals surface area contributed by atoms with E-state index in [1.807, 2.05) is 0 Å². The minimum atomic E-state index is -4.50. The standard InChI is InChI=1S/C16H19F3N2/c1-2-11-5-3-4-6-15(11)21-13-8-7-12(10-20)14(9-13)16(17,18)19/h7-9,11,15,21H,2-6H2,1H3. The lowest BCUT2D eigenvalue weighted by molar-refractivity contribution is -0.137. The van der Waals surface area contributed by atoms with Crippen LogP contribution in [0, 0.1) is 17.2 Å². The molecule has 1 saturated carbocycles. The first kappa shape index (κ1) is 15.7. The molecule has 0 amide bonds. The lowest BCUT2D eigenvalue weighted by Gasteiger charge is -2.32. The number of alkyl halides is 3. The molecule has 1 aliphatic carbocycles. The molecule has 0 radical (unpaired) electrons. The largest absolute Gasteiger partial charge is 0.417 e. The average molecular weight is 296 g/mol. The van der Waals surface area contributed by atoms with Crippen LogP contribution >= 0.6 is 0 Å². The summed E-state index contributed by atoms with van der Waals surface area (Å²) in [5.74, 6) is 0.503. The molecular formula is C16H19F3N2. The Kier molecular flexibility index (Phi) is 4.76. The summed E-state index contributed by atoms with van der Waals surface area (Å²) in [4.78, 5) is 0. The van der Waals surface area contributed by atoms with E-state index in [4.69, 9.17) is 5.26 Å². The number of anilines is 1. The van der Waals surface area contributed by atoms with Crippen molar-refractivity contribution in [3.05, 3.63) is 29.3 Å².